The van der Waals surface area contributed by atoms with Crippen LogP contribution in [0.4, 0.5) is 0 Å². The van der Waals surface area contributed by atoms with Crippen molar-refractivity contribution in [3.8, 4) is 0 Å². The van der Waals surface area contributed by atoms with Gasteiger partial charge in [-0.15, -0.1) is 0 Å². The average molecular weight is 403 g/mol. The summed E-state index contributed by atoms with van der Waals surface area (Å²) in [4.78, 5) is 24.6. The molecule has 4 aliphatic carbocycles. The number of carboxylic acids is 1. The number of carboxylic acid groups (broad SMARTS) is 1. The number of aliphatic carboxylic acids is 1. The van der Waals surface area contributed by atoms with E-state index in [2.05, 4.69) is 27.4 Å². The summed E-state index contributed by atoms with van der Waals surface area (Å²) in [6, 6.07) is 0. The molecule has 0 heterocycles. The maximum absolute atomic E-state index is 13.6. The van der Waals surface area contributed by atoms with Gasteiger partial charge in [0.05, 0.1) is 6.10 Å². The van der Waals surface area contributed by atoms with Crippen molar-refractivity contribution in [2.75, 3.05) is 0 Å². The normalized spacial score (nSPS) is 47.9. The predicted molar refractivity (Wildman–Crippen MR) is 112 cm³/mol. The number of aliphatic hydroxyl groups is 1. The first-order valence-corrected chi connectivity index (χ1v) is 11.7. The second-order valence-corrected chi connectivity index (χ2v) is 11.3. The van der Waals surface area contributed by atoms with Crippen molar-refractivity contribution < 1.29 is 19.8 Å². The molecule has 0 radical (unpaired) electrons. The highest BCUT2D eigenvalue weighted by molar-refractivity contribution is 5.99. The van der Waals surface area contributed by atoms with Crippen LogP contribution in [0.15, 0.2) is 12.2 Å². The summed E-state index contributed by atoms with van der Waals surface area (Å²) in [6.07, 6.45) is 7.63. The van der Waals surface area contributed by atoms with Gasteiger partial charge in [-0.3, -0.25) is 9.59 Å². The molecule has 29 heavy (non-hydrogen) atoms. The molecule has 0 aromatic carbocycles. The first-order chi connectivity index (χ1) is 13.6. The zero-order chi connectivity index (χ0) is 21.1. The Morgan fingerprint density at radius 2 is 1.79 bits per heavy atom. The quantitative estimate of drug-likeness (QED) is 0.659. The summed E-state index contributed by atoms with van der Waals surface area (Å²) in [5.74, 6) is 1.47. The van der Waals surface area contributed by atoms with Gasteiger partial charge in [0.1, 0.15) is 0 Å². The van der Waals surface area contributed by atoms with Gasteiger partial charge in [-0.25, -0.2) is 0 Å². The Kier molecular flexibility index (Phi) is 5.25. The van der Waals surface area contributed by atoms with Gasteiger partial charge in [0.15, 0.2) is 5.78 Å². The molecule has 4 saturated carbocycles. The number of ketones is 1. The van der Waals surface area contributed by atoms with Gasteiger partial charge < -0.3 is 10.2 Å². The van der Waals surface area contributed by atoms with Crippen LogP contribution >= 0.6 is 0 Å². The van der Waals surface area contributed by atoms with Crippen molar-refractivity contribution in [2.24, 2.45) is 46.3 Å². The van der Waals surface area contributed by atoms with Crippen molar-refractivity contribution in [1.82, 2.24) is 0 Å². The average Bonchev–Trinajstić information content (AvgIpc) is 3.02. The second kappa shape index (κ2) is 7.21. The van der Waals surface area contributed by atoms with Crippen LogP contribution in [-0.2, 0) is 9.59 Å². The van der Waals surface area contributed by atoms with Crippen LogP contribution in [0.25, 0.3) is 0 Å². The zero-order valence-electron chi connectivity index (χ0n) is 18.3. The highest BCUT2D eigenvalue weighted by Gasteiger charge is 2.63. The van der Waals surface area contributed by atoms with Gasteiger partial charge in [0.25, 0.3) is 0 Å². The molecule has 4 aliphatic rings. The SMILES string of the molecule is C=C1C(=O)[C@H]2C3CC[C@H]([C@H](C)CCC(=O)O)[C@@]3(C)CCC2[C@@]2(C)CC[C@@H](O)C[C@@H]12. The van der Waals surface area contributed by atoms with E-state index in [0.29, 0.717) is 30.1 Å². The van der Waals surface area contributed by atoms with Crippen LogP contribution in [0.2, 0.25) is 0 Å². The summed E-state index contributed by atoms with van der Waals surface area (Å²) in [5.41, 5.74) is 0.995. The molecule has 0 bridgehead atoms. The Morgan fingerprint density at radius 1 is 1.14 bits per heavy atom. The standard InChI is InChI=1S/C25H38O4/c1-14(5-8-21(27)28)17-6-7-18-22-19(10-12-24(17,18)3)25(4)11-9-16(26)13-20(25)15(2)23(22)29/h14,16-20,22,26H,2,5-13H2,1,3-4H3,(H,27,28)/t14-,16-,17-,18?,19?,20+,22+,24-,25-/m1/s1. The number of fused-ring (bicyclic) bond motifs is 5. The molecule has 162 valence electrons. The number of aliphatic hydroxyl groups excluding tert-OH is 1. The van der Waals surface area contributed by atoms with Crippen LogP contribution in [0.1, 0.15) is 78.6 Å². The number of hydrogen-bond donors (Lipinski definition) is 2. The molecule has 2 unspecified atom stereocenters. The topological polar surface area (TPSA) is 74.6 Å². The van der Waals surface area contributed by atoms with Crippen molar-refractivity contribution in [1.29, 1.82) is 0 Å². The smallest absolute Gasteiger partial charge is 0.303 e. The highest BCUT2D eigenvalue weighted by Crippen LogP contribution is 2.68. The molecule has 0 aromatic rings. The molecule has 0 aliphatic heterocycles. The molecule has 2 N–H and O–H groups in total. The third-order valence-corrected chi connectivity index (χ3v) is 10.1. The molecule has 0 aromatic heterocycles. The van der Waals surface area contributed by atoms with Gasteiger partial charge in [0, 0.05) is 12.3 Å². The van der Waals surface area contributed by atoms with E-state index in [-0.39, 0.29) is 41.0 Å². The fourth-order valence-electron chi connectivity index (χ4n) is 8.45. The first-order valence-electron chi connectivity index (χ1n) is 11.7. The molecule has 0 spiro atoms. The number of carbonyl (C=O) groups excluding carboxylic acids is 1. The summed E-state index contributed by atoms with van der Waals surface area (Å²) in [5, 5.41) is 19.4. The van der Waals surface area contributed by atoms with Crippen LogP contribution in [0.3, 0.4) is 0 Å². The fraction of sp³-hybridized carbons (Fsp3) is 0.840. The number of hydrogen-bond acceptors (Lipinski definition) is 3. The van der Waals surface area contributed by atoms with Crippen molar-refractivity contribution in [2.45, 2.75) is 84.7 Å². The Morgan fingerprint density at radius 3 is 2.48 bits per heavy atom. The Balaban J connectivity index is 1.61. The number of allylic oxidation sites excluding steroid dienone is 1. The van der Waals surface area contributed by atoms with Crippen LogP contribution < -0.4 is 0 Å². The van der Waals surface area contributed by atoms with Crippen LogP contribution in [0.5, 0.6) is 0 Å². The number of Topliss-reactive ketones (excluding diaryl/α,β-unsaturated/α-hetero) is 1. The van der Waals surface area contributed by atoms with Crippen molar-refractivity contribution in [3.05, 3.63) is 12.2 Å². The van der Waals surface area contributed by atoms with Crippen LogP contribution in [-0.4, -0.2) is 28.1 Å². The highest BCUT2D eigenvalue weighted by atomic mass is 16.4. The Bertz CT molecular complexity index is 714. The molecule has 4 nitrogen and oxygen atoms in total. The van der Waals surface area contributed by atoms with Gasteiger partial charge in [0.2, 0.25) is 0 Å². The van der Waals surface area contributed by atoms with Gasteiger partial charge in [-0.1, -0.05) is 27.4 Å². The number of carbonyl (C=O) groups is 2. The van der Waals surface area contributed by atoms with E-state index in [4.69, 9.17) is 5.11 Å². The second-order valence-electron chi connectivity index (χ2n) is 11.3. The maximum atomic E-state index is 13.6. The minimum Gasteiger partial charge on any atom is -0.481 e. The maximum Gasteiger partial charge on any atom is 0.303 e. The molecular formula is C25H38O4. The molecule has 0 amide bonds. The van der Waals surface area contributed by atoms with Gasteiger partial charge >= 0.3 is 5.97 Å². The fourth-order valence-corrected chi connectivity index (χ4v) is 8.45. The lowest BCUT2D eigenvalue weighted by Crippen LogP contribution is -2.58. The summed E-state index contributed by atoms with van der Waals surface area (Å²) >= 11 is 0. The molecule has 4 heteroatoms. The summed E-state index contributed by atoms with van der Waals surface area (Å²) in [7, 11) is 0. The molecule has 9 atom stereocenters. The minimum atomic E-state index is -0.711. The summed E-state index contributed by atoms with van der Waals surface area (Å²) in [6.45, 7) is 11.2. The van der Waals surface area contributed by atoms with E-state index in [1.54, 1.807) is 0 Å². The molecule has 4 fully saturated rings. The van der Waals surface area contributed by atoms with E-state index in [9.17, 15) is 14.7 Å². The Hall–Kier alpha value is -1.16. The zero-order valence-corrected chi connectivity index (χ0v) is 18.3. The van der Waals surface area contributed by atoms with Crippen molar-refractivity contribution >= 4 is 11.8 Å². The first kappa shape index (κ1) is 21.1. The number of rotatable bonds is 4. The lowest BCUT2D eigenvalue weighted by atomic mass is 9.43. The van der Waals surface area contributed by atoms with E-state index in [1.165, 1.54) is 0 Å². The third-order valence-electron chi connectivity index (χ3n) is 10.1. The lowest BCUT2D eigenvalue weighted by Gasteiger charge is -2.60. The monoisotopic (exact) mass is 402 g/mol. The molecule has 0 saturated heterocycles. The summed E-state index contributed by atoms with van der Waals surface area (Å²) < 4.78 is 0. The predicted octanol–water partition coefficient (Wildman–Crippen LogP) is 4.85. The Labute approximate surface area is 175 Å². The lowest BCUT2D eigenvalue weighted by molar-refractivity contribution is -0.149. The van der Waals surface area contributed by atoms with Crippen molar-refractivity contribution in [3.63, 3.8) is 0 Å². The minimum absolute atomic E-state index is 0.0782. The molecular weight excluding hydrogens is 364 g/mol. The third kappa shape index (κ3) is 3.12. The van der Waals surface area contributed by atoms with Gasteiger partial charge in [-0.05, 0) is 97.4 Å². The van der Waals surface area contributed by atoms with Crippen LogP contribution in [0, 0.1) is 46.3 Å². The largest absolute Gasteiger partial charge is 0.481 e. The van der Waals surface area contributed by atoms with E-state index in [1.807, 2.05) is 0 Å². The van der Waals surface area contributed by atoms with Gasteiger partial charge in [-0.2, -0.15) is 0 Å². The van der Waals surface area contributed by atoms with E-state index >= 15 is 0 Å². The van der Waals surface area contributed by atoms with E-state index < -0.39 is 5.97 Å². The molecule has 4 rings (SSSR count). The van der Waals surface area contributed by atoms with E-state index in [0.717, 1.165) is 50.5 Å².